The van der Waals surface area contributed by atoms with E-state index in [1.165, 1.54) is 18.2 Å². The fourth-order valence-corrected chi connectivity index (χ4v) is 1.91. The SMILES string of the molecule is O=C(CCBr)c1cc(Cl)cc(C(O)C(=O)O)c1. The van der Waals surface area contributed by atoms with Gasteiger partial charge in [0.25, 0.3) is 0 Å². The van der Waals surface area contributed by atoms with Gasteiger partial charge in [-0.2, -0.15) is 0 Å². The van der Waals surface area contributed by atoms with Gasteiger partial charge in [0.05, 0.1) is 0 Å². The Balaban J connectivity index is 3.10. The molecule has 1 aromatic carbocycles. The van der Waals surface area contributed by atoms with Crippen molar-refractivity contribution in [2.75, 3.05) is 5.33 Å². The molecule has 0 saturated carbocycles. The van der Waals surface area contributed by atoms with Crippen LogP contribution < -0.4 is 0 Å². The van der Waals surface area contributed by atoms with Crippen molar-refractivity contribution in [3.63, 3.8) is 0 Å². The van der Waals surface area contributed by atoms with Crippen LogP contribution in [0.25, 0.3) is 0 Å². The molecule has 1 unspecified atom stereocenters. The Morgan fingerprint density at radius 2 is 2.00 bits per heavy atom. The molecule has 6 heteroatoms. The predicted octanol–water partition coefficient (Wildman–Crippen LogP) is 2.43. The zero-order valence-corrected chi connectivity index (χ0v) is 11.0. The van der Waals surface area contributed by atoms with E-state index < -0.39 is 12.1 Å². The van der Waals surface area contributed by atoms with E-state index in [1.54, 1.807) is 0 Å². The molecular formula is C11H10BrClO4. The first-order valence-corrected chi connectivity index (χ1v) is 6.26. The summed E-state index contributed by atoms with van der Waals surface area (Å²) in [5, 5.41) is 18.8. The third kappa shape index (κ3) is 3.80. The van der Waals surface area contributed by atoms with Gasteiger partial charge in [0.15, 0.2) is 11.9 Å². The van der Waals surface area contributed by atoms with E-state index in [2.05, 4.69) is 15.9 Å². The lowest BCUT2D eigenvalue weighted by molar-refractivity contribution is -0.146. The largest absolute Gasteiger partial charge is 0.479 e. The van der Waals surface area contributed by atoms with Crippen LogP contribution in [0.1, 0.15) is 28.4 Å². The summed E-state index contributed by atoms with van der Waals surface area (Å²) in [5.41, 5.74) is 0.398. The molecule has 17 heavy (non-hydrogen) atoms. The highest BCUT2D eigenvalue weighted by molar-refractivity contribution is 9.09. The van der Waals surface area contributed by atoms with Crippen LogP contribution >= 0.6 is 27.5 Å². The summed E-state index contributed by atoms with van der Waals surface area (Å²) in [6.07, 6.45) is -1.40. The number of carboxylic acid groups (broad SMARTS) is 1. The average molecular weight is 322 g/mol. The summed E-state index contributed by atoms with van der Waals surface area (Å²) in [7, 11) is 0. The van der Waals surface area contributed by atoms with Gasteiger partial charge in [0.1, 0.15) is 0 Å². The van der Waals surface area contributed by atoms with Crippen LogP contribution in [0.4, 0.5) is 0 Å². The van der Waals surface area contributed by atoms with Crippen molar-refractivity contribution >= 4 is 39.3 Å². The molecule has 4 nitrogen and oxygen atoms in total. The maximum atomic E-state index is 11.6. The van der Waals surface area contributed by atoms with Crippen molar-refractivity contribution < 1.29 is 19.8 Å². The van der Waals surface area contributed by atoms with Gasteiger partial charge >= 0.3 is 5.97 Å². The van der Waals surface area contributed by atoms with E-state index in [-0.39, 0.29) is 22.8 Å². The van der Waals surface area contributed by atoms with Gasteiger partial charge in [0, 0.05) is 22.3 Å². The van der Waals surface area contributed by atoms with E-state index >= 15 is 0 Å². The first-order valence-electron chi connectivity index (χ1n) is 4.76. The Morgan fingerprint density at radius 3 is 2.53 bits per heavy atom. The predicted molar refractivity (Wildman–Crippen MR) is 66.8 cm³/mol. The zero-order valence-electron chi connectivity index (χ0n) is 8.69. The number of aliphatic hydroxyl groups excluding tert-OH is 1. The number of Topliss-reactive ketones (excluding diaryl/α,β-unsaturated/α-hetero) is 1. The van der Waals surface area contributed by atoms with E-state index in [9.17, 15) is 14.7 Å². The molecule has 0 saturated heterocycles. The number of carbonyl (C=O) groups is 2. The Hall–Kier alpha value is -0.910. The maximum Gasteiger partial charge on any atom is 0.337 e. The molecule has 0 fully saturated rings. The second-order valence-corrected chi connectivity index (χ2v) is 4.61. The standard InChI is InChI=1S/C11H10BrClO4/c12-2-1-9(14)6-3-7(5-8(13)4-6)10(15)11(16)17/h3-5,10,15H,1-2H2,(H,16,17). The molecule has 0 spiro atoms. The Bertz CT molecular complexity index is 447. The molecule has 92 valence electrons. The van der Waals surface area contributed by atoms with Crippen molar-refractivity contribution in [1.82, 2.24) is 0 Å². The molecule has 2 N–H and O–H groups in total. The zero-order chi connectivity index (χ0) is 13.0. The summed E-state index contributed by atoms with van der Waals surface area (Å²) in [5.74, 6) is -1.55. The van der Waals surface area contributed by atoms with E-state index in [1.807, 2.05) is 0 Å². The molecule has 0 aliphatic rings. The smallest absolute Gasteiger partial charge is 0.337 e. The monoisotopic (exact) mass is 320 g/mol. The fraction of sp³-hybridized carbons (Fsp3) is 0.273. The van der Waals surface area contributed by atoms with Crippen molar-refractivity contribution in [3.8, 4) is 0 Å². The van der Waals surface area contributed by atoms with Crippen molar-refractivity contribution in [1.29, 1.82) is 0 Å². The molecule has 1 aromatic rings. The van der Waals surface area contributed by atoms with Gasteiger partial charge in [-0.05, 0) is 23.8 Å². The number of halogens is 2. The molecule has 0 amide bonds. The topological polar surface area (TPSA) is 74.6 Å². The summed E-state index contributed by atoms with van der Waals surface area (Å²) < 4.78 is 0. The third-order valence-electron chi connectivity index (χ3n) is 2.11. The molecule has 1 atom stereocenters. The lowest BCUT2D eigenvalue weighted by Gasteiger charge is -2.08. The quantitative estimate of drug-likeness (QED) is 0.645. The lowest BCUT2D eigenvalue weighted by Crippen LogP contribution is -2.11. The second-order valence-electron chi connectivity index (χ2n) is 3.38. The van der Waals surface area contributed by atoms with Crippen LogP contribution in [0.3, 0.4) is 0 Å². The Morgan fingerprint density at radius 1 is 1.35 bits per heavy atom. The molecule has 0 bridgehead atoms. The summed E-state index contributed by atoms with van der Waals surface area (Å²) >= 11 is 8.91. The molecule has 0 aliphatic carbocycles. The lowest BCUT2D eigenvalue weighted by atomic mass is 10.0. The number of carbonyl (C=O) groups excluding carboxylic acids is 1. The number of hydrogen-bond acceptors (Lipinski definition) is 3. The van der Waals surface area contributed by atoms with E-state index in [0.717, 1.165) is 0 Å². The van der Waals surface area contributed by atoms with Crippen LogP contribution in [-0.2, 0) is 4.79 Å². The molecule has 0 aliphatic heterocycles. The number of aliphatic hydroxyl groups is 1. The minimum absolute atomic E-state index is 0.0999. The number of aliphatic carboxylic acids is 1. The van der Waals surface area contributed by atoms with Crippen molar-refractivity contribution in [3.05, 3.63) is 34.3 Å². The number of ketones is 1. The van der Waals surface area contributed by atoms with Gasteiger partial charge in [-0.1, -0.05) is 27.5 Å². The van der Waals surface area contributed by atoms with Gasteiger partial charge in [-0.15, -0.1) is 0 Å². The first kappa shape index (κ1) is 14.2. The highest BCUT2D eigenvalue weighted by Crippen LogP contribution is 2.22. The number of hydrogen-bond donors (Lipinski definition) is 2. The minimum Gasteiger partial charge on any atom is -0.479 e. The van der Waals surface area contributed by atoms with Crippen LogP contribution in [0.5, 0.6) is 0 Å². The van der Waals surface area contributed by atoms with Crippen LogP contribution in [0.15, 0.2) is 18.2 Å². The van der Waals surface area contributed by atoms with E-state index in [4.69, 9.17) is 16.7 Å². The van der Waals surface area contributed by atoms with E-state index in [0.29, 0.717) is 10.9 Å². The van der Waals surface area contributed by atoms with Gasteiger partial charge < -0.3 is 10.2 Å². The number of rotatable bonds is 5. The molecule has 0 radical (unpaired) electrons. The highest BCUT2D eigenvalue weighted by Gasteiger charge is 2.18. The summed E-state index contributed by atoms with van der Waals surface area (Å²) in [4.78, 5) is 22.3. The van der Waals surface area contributed by atoms with Crippen LogP contribution in [0.2, 0.25) is 5.02 Å². The summed E-state index contributed by atoms with van der Waals surface area (Å²) in [6, 6.07) is 4.12. The second kappa shape index (κ2) is 6.14. The fourth-order valence-electron chi connectivity index (χ4n) is 1.30. The molecular weight excluding hydrogens is 311 g/mol. The van der Waals surface area contributed by atoms with Crippen LogP contribution in [-0.4, -0.2) is 27.3 Å². The molecule has 0 aromatic heterocycles. The number of alkyl halides is 1. The Kier molecular flexibility index (Phi) is 5.11. The van der Waals surface area contributed by atoms with Crippen molar-refractivity contribution in [2.45, 2.75) is 12.5 Å². The van der Waals surface area contributed by atoms with Gasteiger partial charge in [-0.3, -0.25) is 4.79 Å². The number of carboxylic acids is 1. The normalized spacial score (nSPS) is 12.2. The Labute approximate surface area is 111 Å². The highest BCUT2D eigenvalue weighted by atomic mass is 79.9. The molecule has 1 rings (SSSR count). The third-order valence-corrected chi connectivity index (χ3v) is 2.73. The molecule has 0 heterocycles. The van der Waals surface area contributed by atoms with Crippen LogP contribution in [0, 0.1) is 0 Å². The van der Waals surface area contributed by atoms with Gasteiger partial charge in [0.2, 0.25) is 0 Å². The average Bonchev–Trinajstić information content (AvgIpc) is 2.27. The summed E-state index contributed by atoms with van der Waals surface area (Å²) in [6.45, 7) is 0. The van der Waals surface area contributed by atoms with Gasteiger partial charge in [-0.25, -0.2) is 4.79 Å². The maximum absolute atomic E-state index is 11.6. The minimum atomic E-state index is -1.68. The first-order chi connectivity index (χ1) is 7.95. The van der Waals surface area contributed by atoms with Crippen molar-refractivity contribution in [2.24, 2.45) is 0 Å². The number of benzene rings is 1.